The van der Waals surface area contributed by atoms with Crippen LogP contribution in [0, 0.1) is 0 Å². The van der Waals surface area contributed by atoms with E-state index in [2.05, 4.69) is 51.2 Å². The average molecular weight is 412 g/mol. The highest BCUT2D eigenvalue weighted by Crippen LogP contribution is 2.44. The van der Waals surface area contributed by atoms with Gasteiger partial charge >= 0.3 is 0 Å². The minimum atomic E-state index is 0.325. The second-order valence-corrected chi connectivity index (χ2v) is 8.34. The fourth-order valence-corrected chi connectivity index (χ4v) is 5.35. The molecule has 2 aromatic carbocycles. The van der Waals surface area contributed by atoms with Gasteiger partial charge < -0.3 is 5.11 Å². The first-order chi connectivity index (χ1) is 12.7. The van der Waals surface area contributed by atoms with Gasteiger partial charge in [0.15, 0.2) is 0 Å². The first-order valence-corrected chi connectivity index (χ1v) is 10.5. The topological polar surface area (TPSA) is 23.5 Å². The van der Waals surface area contributed by atoms with Gasteiger partial charge in [-0.3, -0.25) is 4.90 Å². The molecular weight excluding hydrogens is 386 g/mol. The average Bonchev–Trinajstić information content (AvgIpc) is 3.06. The molecule has 1 unspecified atom stereocenters. The molecule has 2 aromatic rings. The van der Waals surface area contributed by atoms with Crippen molar-refractivity contribution >= 4 is 22.0 Å². The molecule has 0 aromatic heterocycles. The van der Waals surface area contributed by atoms with Crippen LogP contribution in [0.1, 0.15) is 48.3 Å². The SMILES string of the molecule is Oc1ccc(C=CCCCN2CCC3c4c(Br)cccc4CC[C@H]32)cc1. The molecule has 1 aliphatic carbocycles. The predicted molar refractivity (Wildman–Crippen MR) is 112 cm³/mol. The summed E-state index contributed by atoms with van der Waals surface area (Å²) in [5.74, 6) is 1.04. The van der Waals surface area contributed by atoms with Gasteiger partial charge in [-0.1, -0.05) is 52.3 Å². The molecule has 1 heterocycles. The minimum absolute atomic E-state index is 0.325. The van der Waals surface area contributed by atoms with Crippen molar-refractivity contribution in [1.82, 2.24) is 4.90 Å². The Morgan fingerprint density at radius 1 is 1.12 bits per heavy atom. The molecule has 136 valence electrons. The van der Waals surface area contributed by atoms with E-state index in [0.29, 0.717) is 11.7 Å². The van der Waals surface area contributed by atoms with Gasteiger partial charge in [-0.15, -0.1) is 0 Å². The molecule has 1 aliphatic heterocycles. The first-order valence-electron chi connectivity index (χ1n) is 9.69. The van der Waals surface area contributed by atoms with Crippen LogP contribution in [-0.4, -0.2) is 29.1 Å². The molecule has 1 saturated heterocycles. The fraction of sp³-hybridized carbons (Fsp3) is 0.391. The van der Waals surface area contributed by atoms with Crippen molar-refractivity contribution in [2.45, 2.75) is 44.1 Å². The lowest BCUT2D eigenvalue weighted by Gasteiger charge is -2.34. The minimum Gasteiger partial charge on any atom is -0.508 e. The van der Waals surface area contributed by atoms with Crippen molar-refractivity contribution in [2.75, 3.05) is 13.1 Å². The third-order valence-corrected chi connectivity index (χ3v) is 6.60. The summed E-state index contributed by atoms with van der Waals surface area (Å²) in [5.41, 5.74) is 4.29. The third kappa shape index (κ3) is 3.74. The summed E-state index contributed by atoms with van der Waals surface area (Å²) in [4.78, 5) is 2.72. The highest BCUT2D eigenvalue weighted by Gasteiger charge is 2.38. The largest absolute Gasteiger partial charge is 0.508 e. The molecule has 1 N–H and O–H groups in total. The number of phenols is 1. The summed E-state index contributed by atoms with van der Waals surface area (Å²) in [7, 11) is 0. The maximum absolute atomic E-state index is 9.33. The standard InChI is InChI=1S/C23H26BrNO/c24-21-7-4-6-18-10-13-22-20(23(18)21)14-16-25(22)15-3-1-2-5-17-8-11-19(26)12-9-17/h2,4-9,11-12,20,22,26H,1,3,10,13-16H2/t20?,22-/m1/s1. The summed E-state index contributed by atoms with van der Waals surface area (Å²) < 4.78 is 1.31. The number of aromatic hydroxyl groups is 1. The molecule has 26 heavy (non-hydrogen) atoms. The van der Waals surface area contributed by atoms with Gasteiger partial charge in [0, 0.05) is 16.4 Å². The zero-order chi connectivity index (χ0) is 17.9. The summed E-state index contributed by atoms with van der Waals surface area (Å²) in [6, 6.07) is 14.8. The number of fused-ring (bicyclic) bond motifs is 3. The number of allylic oxidation sites excluding steroid dienone is 1. The molecule has 2 nitrogen and oxygen atoms in total. The molecule has 0 amide bonds. The van der Waals surface area contributed by atoms with Crippen LogP contribution in [0.5, 0.6) is 5.75 Å². The summed E-state index contributed by atoms with van der Waals surface area (Å²) >= 11 is 3.79. The number of rotatable bonds is 5. The molecule has 0 radical (unpaired) electrons. The van der Waals surface area contributed by atoms with Crippen LogP contribution in [0.15, 0.2) is 53.0 Å². The van der Waals surface area contributed by atoms with Gasteiger partial charge in [0.2, 0.25) is 0 Å². The zero-order valence-corrected chi connectivity index (χ0v) is 16.7. The summed E-state index contributed by atoms with van der Waals surface area (Å²) in [6.45, 7) is 2.43. The zero-order valence-electron chi connectivity index (χ0n) is 15.1. The number of hydrogen-bond donors (Lipinski definition) is 1. The quantitative estimate of drug-likeness (QED) is 0.632. The summed E-state index contributed by atoms with van der Waals surface area (Å²) in [5, 5.41) is 9.33. The number of benzene rings is 2. The van der Waals surface area contributed by atoms with E-state index in [9.17, 15) is 5.11 Å². The van der Waals surface area contributed by atoms with Crippen LogP contribution < -0.4 is 0 Å². The molecule has 0 spiro atoms. The van der Waals surface area contributed by atoms with Crippen LogP contribution in [0.25, 0.3) is 6.08 Å². The van der Waals surface area contributed by atoms with Crippen molar-refractivity contribution in [2.24, 2.45) is 0 Å². The van der Waals surface area contributed by atoms with Gasteiger partial charge in [0.1, 0.15) is 5.75 Å². The second kappa shape index (κ2) is 7.98. The van der Waals surface area contributed by atoms with Gasteiger partial charge in [0.05, 0.1) is 0 Å². The van der Waals surface area contributed by atoms with E-state index in [0.717, 1.165) is 18.0 Å². The van der Waals surface area contributed by atoms with Gasteiger partial charge in [0.25, 0.3) is 0 Å². The Kier molecular flexibility index (Phi) is 5.46. The molecule has 1 fully saturated rings. The Labute approximate surface area is 164 Å². The molecule has 0 saturated carbocycles. The lowest BCUT2D eigenvalue weighted by Crippen LogP contribution is -2.35. The maximum atomic E-state index is 9.33. The molecule has 2 aliphatic rings. The first kappa shape index (κ1) is 17.8. The van der Waals surface area contributed by atoms with E-state index in [1.807, 2.05) is 12.1 Å². The Hall–Kier alpha value is -1.58. The maximum Gasteiger partial charge on any atom is 0.115 e. The lowest BCUT2D eigenvalue weighted by atomic mass is 9.79. The third-order valence-electron chi connectivity index (χ3n) is 5.90. The summed E-state index contributed by atoms with van der Waals surface area (Å²) in [6.07, 6.45) is 10.5. The number of aryl methyl sites for hydroxylation is 1. The monoisotopic (exact) mass is 411 g/mol. The Bertz CT molecular complexity index is 783. The molecule has 0 bridgehead atoms. The number of nitrogens with zero attached hydrogens (tertiary/aromatic N) is 1. The smallest absolute Gasteiger partial charge is 0.115 e. The van der Waals surface area contributed by atoms with Crippen LogP contribution in [0.2, 0.25) is 0 Å². The Balaban J connectivity index is 1.31. The van der Waals surface area contributed by atoms with E-state index >= 15 is 0 Å². The van der Waals surface area contributed by atoms with Gasteiger partial charge in [-0.05, 0) is 80.1 Å². The fourth-order valence-electron chi connectivity index (χ4n) is 4.65. The highest BCUT2D eigenvalue weighted by molar-refractivity contribution is 9.10. The lowest BCUT2D eigenvalue weighted by molar-refractivity contribution is 0.225. The van der Waals surface area contributed by atoms with E-state index in [1.165, 1.54) is 43.2 Å². The van der Waals surface area contributed by atoms with Crippen LogP contribution in [0.3, 0.4) is 0 Å². The number of likely N-dealkylation sites (tertiary alicyclic amines) is 1. The number of hydrogen-bond acceptors (Lipinski definition) is 2. The van der Waals surface area contributed by atoms with Gasteiger partial charge in [-0.2, -0.15) is 0 Å². The Morgan fingerprint density at radius 3 is 2.81 bits per heavy atom. The van der Waals surface area contributed by atoms with E-state index in [4.69, 9.17) is 0 Å². The van der Waals surface area contributed by atoms with Crippen LogP contribution in [0.4, 0.5) is 0 Å². The van der Waals surface area contributed by atoms with Crippen molar-refractivity contribution < 1.29 is 5.11 Å². The second-order valence-electron chi connectivity index (χ2n) is 7.49. The van der Waals surface area contributed by atoms with E-state index < -0.39 is 0 Å². The van der Waals surface area contributed by atoms with Gasteiger partial charge in [-0.25, -0.2) is 0 Å². The number of unbranched alkanes of at least 4 members (excludes halogenated alkanes) is 1. The molecular formula is C23H26BrNO. The number of phenolic OH excluding ortho intramolecular Hbond substituents is 1. The van der Waals surface area contributed by atoms with E-state index in [-0.39, 0.29) is 0 Å². The normalized spacial score (nSPS) is 22.5. The van der Waals surface area contributed by atoms with Crippen molar-refractivity contribution in [3.8, 4) is 5.75 Å². The Morgan fingerprint density at radius 2 is 1.96 bits per heavy atom. The van der Waals surface area contributed by atoms with E-state index in [1.54, 1.807) is 23.3 Å². The van der Waals surface area contributed by atoms with Crippen LogP contribution in [-0.2, 0) is 6.42 Å². The molecule has 3 heteroatoms. The molecule has 2 atom stereocenters. The predicted octanol–water partition coefficient (Wildman–Crippen LogP) is 5.75. The van der Waals surface area contributed by atoms with Crippen molar-refractivity contribution in [3.05, 3.63) is 69.7 Å². The van der Waals surface area contributed by atoms with Crippen molar-refractivity contribution in [3.63, 3.8) is 0 Å². The molecule has 4 rings (SSSR count). The number of halogens is 1. The highest BCUT2D eigenvalue weighted by atomic mass is 79.9. The van der Waals surface area contributed by atoms with Crippen molar-refractivity contribution in [1.29, 1.82) is 0 Å². The van der Waals surface area contributed by atoms with Crippen LogP contribution >= 0.6 is 15.9 Å².